The van der Waals surface area contributed by atoms with Crippen molar-refractivity contribution in [1.29, 1.82) is 0 Å². The second kappa shape index (κ2) is 12.2. The van der Waals surface area contributed by atoms with Crippen LogP contribution in [0.25, 0.3) is 5.57 Å². The van der Waals surface area contributed by atoms with Crippen LogP contribution < -0.4 is 10.2 Å². The molecule has 0 bridgehead atoms. The van der Waals surface area contributed by atoms with Crippen LogP contribution in [-0.4, -0.2) is 29.3 Å². The lowest BCUT2D eigenvalue weighted by atomic mass is 9.86. The zero-order chi connectivity index (χ0) is 21.9. The van der Waals surface area contributed by atoms with Crippen LogP contribution >= 0.6 is 0 Å². The number of rotatable bonds is 12. The van der Waals surface area contributed by atoms with E-state index in [0.29, 0.717) is 12.4 Å². The van der Waals surface area contributed by atoms with Gasteiger partial charge in [-0.05, 0) is 54.5 Å². The number of aliphatic carboxylic acids is 1. The molecule has 0 radical (unpaired) electrons. The number of fused-ring (bicyclic) bond motifs is 1. The zero-order valence-corrected chi connectivity index (χ0v) is 18.2. The molecule has 0 amide bonds. The summed E-state index contributed by atoms with van der Waals surface area (Å²) in [5.74, 6) is -0.303. The van der Waals surface area contributed by atoms with Gasteiger partial charge in [-0.2, -0.15) is 5.48 Å². The number of benzene rings is 1. The van der Waals surface area contributed by atoms with E-state index in [1.54, 1.807) is 6.20 Å². The Morgan fingerprint density at radius 1 is 1.26 bits per heavy atom. The van der Waals surface area contributed by atoms with Gasteiger partial charge in [0.2, 0.25) is 0 Å². The summed E-state index contributed by atoms with van der Waals surface area (Å²) in [6, 6.07) is 9.99. The Balaban J connectivity index is 1.62. The number of carboxylic acids is 1. The van der Waals surface area contributed by atoms with Crippen molar-refractivity contribution in [2.75, 3.05) is 13.2 Å². The Kier molecular flexibility index (Phi) is 9.06. The van der Waals surface area contributed by atoms with E-state index < -0.39 is 5.97 Å². The van der Waals surface area contributed by atoms with Crippen molar-refractivity contribution in [3.8, 4) is 5.75 Å². The highest BCUT2D eigenvalue weighted by Crippen LogP contribution is 2.36. The molecule has 31 heavy (non-hydrogen) atoms. The molecule has 1 unspecified atom stereocenters. The summed E-state index contributed by atoms with van der Waals surface area (Å²) in [4.78, 5) is 20.9. The Morgan fingerprint density at radius 3 is 2.94 bits per heavy atom. The first-order chi connectivity index (χ1) is 15.2. The Morgan fingerprint density at radius 2 is 2.16 bits per heavy atom. The van der Waals surface area contributed by atoms with E-state index in [0.717, 1.165) is 48.8 Å². The Bertz CT molecular complexity index is 867. The van der Waals surface area contributed by atoms with E-state index in [9.17, 15) is 4.79 Å². The van der Waals surface area contributed by atoms with Gasteiger partial charge in [-0.25, -0.2) is 4.79 Å². The molecule has 1 aromatic heterocycles. The highest BCUT2D eigenvalue weighted by molar-refractivity contribution is 5.73. The second-order valence-electron chi connectivity index (χ2n) is 7.81. The molecule has 0 fully saturated rings. The van der Waals surface area contributed by atoms with E-state index >= 15 is 0 Å². The second-order valence-corrected chi connectivity index (χ2v) is 7.81. The molecule has 1 heterocycles. The van der Waals surface area contributed by atoms with E-state index in [4.69, 9.17) is 14.7 Å². The zero-order valence-electron chi connectivity index (χ0n) is 18.2. The van der Waals surface area contributed by atoms with Crippen LogP contribution in [0, 0.1) is 0 Å². The molecule has 0 saturated carbocycles. The van der Waals surface area contributed by atoms with Gasteiger partial charge in [0, 0.05) is 18.0 Å². The van der Waals surface area contributed by atoms with Crippen molar-refractivity contribution in [1.82, 2.24) is 10.5 Å². The summed E-state index contributed by atoms with van der Waals surface area (Å²) in [6.45, 7) is 2.34. The fourth-order valence-electron chi connectivity index (χ4n) is 3.97. The normalized spacial score (nSPS) is 15.5. The van der Waals surface area contributed by atoms with Gasteiger partial charge >= 0.3 is 5.97 Å². The summed E-state index contributed by atoms with van der Waals surface area (Å²) in [6.07, 6.45) is 13.2. The fourth-order valence-corrected chi connectivity index (χ4v) is 3.97. The molecule has 1 atom stereocenters. The SMILES string of the molecule is CCCCCC(NOC/C=C1/CCCc2c(OCC(=O)O)cccc21)c1cccnc1. The number of hydroxylamine groups is 1. The molecule has 1 aliphatic rings. The molecule has 2 aromatic rings. The Hall–Kier alpha value is -2.70. The number of nitrogens with one attached hydrogen (secondary N) is 1. The minimum Gasteiger partial charge on any atom is -0.482 e. The molecule has 0 aliphatic heterocycles. The summed E-state index contributed by atoms with van der Waals surface area (Å²) in [5.41, 5.74) is 7.79. The molecular formula is C25H32N2O4. The molecule has 0 spiro atoms. The van der Waals surface area contributed by atoms with Gasteiger partial charge < -0.3 is 9.84 Å². The third kappa shape index (κ3) is 6.91. The molecule has 3 rings (SSSR count). The number of carbonyl (C=O) groups is 1. The summed E-state index contributed by atoms with van der Waals surface area (Å²) in [5, 5.41) is 8.91. The topological polar surface area (TPSA) is 80.7 Å². The minimum atomic E-state index is -0.967. The van der Waals surface area contributed by atoms with Gasteiger partial charge in [0.25, 0.3) is 0 Å². The lowest BCUT2D eigenvalue weighted by Crippen LogP contribution is -2.22. The maximum atomic E-state index is 10.9. The van der Waals surface area contributed by atoms with Crippen LogP contribution in [0.15, 0.2) is 48.8 Å². The largest absolute Gasteiger partial charge is 0.482 e. The number of pyridine rings is 1. The number of allylic oxidation sites excluding steroid dienone is 1. The highest BCUT2D eigenvalue weighted by Gasteiger charge is 2.18. The molecular weight excluding hydrogens is 392 g/mol. The van der Waals surface area contributed by atoms with Crippen molar-refractivity contribution in [3.05, 3.63) is 65.5 Å². The van der Waals surface area contributed by atoms with Crippen molar-refractivity contribution in [2.24, 2.45) is 0 Å². The fraction of sp³-hybridized carbons (Fsp3) is 0.440. The van der Waals surface area contributed by atoms with Crippen LogP contribution in [0.4, 0.5) is 0 Å². The number of aromatic nitrogens is 1. The first kappa shape index (κ1) is 23.0. The molecule has 6 nitrogen and oxygen atoms in total. The maximum absolute atomic E-state index is 10.9. The maximum Gasteiger partial charge on any atom is 0.341 e. The van der Waals surface area contributed by atoms with Crippen LogP contribution in [-0.2, 0) is 16.1 Å². The van der Waals surface area contributed by atoms with Crippen molar-refractivity contribution in [3.63, 3.8) is 0 Å². The number of hydrogen-bond acceptors (Lipinski definition) is 5. The number of carboxylic acid groups (broad SMARTS) is 1. The van der Waals surface area contributed by atoms with Gasteiger partial charge in [0.15, 0.2) is 6.61 Å². The number of ether oxygens (including phenoxy) is 1. The summed E-state index contributed by atoms with van der Waals surface area (Å²) < 4.78 is 5.49. The molecule has 2 N–H and O–H groups in total. The molecule has 1 aromatic carbocycles. The quantitative estimate of drug-likeness (QED) is 0.364. The number of nitrogens with zero attached hydrogens (tertiary/aromatic N) is 1. The predicted octanol–water partition coefficient (Wildman–Crippen LogP) is 5.11. The third-order valence-electron chi connectivity index (χ3n) is 5.52. The molecule has 166 valence electrons. The van der Waals surface area contributed by atoms with E-state index in [1.807, 2.05) is 24.4 Å². The summed E-state index contributed by atoms with van der Waals surface area (Å²) in [7, 11) is 0. The smallest absolute Gasteiger partial charge is 0.341 e. The minimum absolute atomic E-state index is 0.119. The van der Waals surface area contributed by atoms with Gasteiger partial charge in [0.05, 0.1) is 12.6 Å². The average molecular weight is 425 g/mol. The van der Waals surface area contributed by atoms with Gasteiger partial charge in [-0.3, -0.25) is 9.82 Å². The highest BCUT2D eigenvalue weighted by atomic mass is 16.6. The first-order valence-corrected chi connectivity index (χ1v) is 11.1. The monoisotopic (exact) mass is 424 g/mol. The van der Waals surface area contributed by atoms with E-state index in [-0.39, 0.29) is 12.6 Å². The predicted molar refractivity (Wildman–Crippen MR) is 121 cm³/mol. The lowest BCUT2D eigenvalue weighted by Gasteiger charge is -2.22. The van der Waals surface area contributed by atoms with Crippen LogP contribution in [0.2, 0.25) is 0 Å². The number of unbranched alkanes of at least 4 members (excludes halogenated alkanes) is 2. The van der Waals surface area contributed by atoms with E-state index in [1.165, 1.54) is 18.4 Å². The van der Waals surface area contributed by atoms with Gasteiger partial charge in [0.1, 0.15) is 5.75 Å². The van der Waals surface area contributed by atoms with Gasteiger partial charge in [-0.1, -0.05) is 50.5 Å². The molecule has 1 aliphatic carbocycles. The molecule has 6 heteroatoms. The van der Waals surface area contributed by atoms with Crippen LogP contribution in [0.1, 0.15) is 68.2 Å². The standard InChI is InChI=1S/C25H32N2O4/c1-2-3-4-12-23(20-9-7-15-26-17-20)27-31-16-14-19-8-5-11-22-21(19)10-6-13-24(22)30-18-25(28)29/h6-7,9-10,13-15,17,23,27H,2-5,8,11-12,16,18H2,1H3,(H,28,29)/b19-14-. The molecule has 0 saturated heterocycles. The first-order valence-electron chi connectivity index (χ1n) is 11.1. The van der Waals surface area contributed by atoms with E-state index in [2.05, 4.69) is 35.6 Å². The van der Waals surface area contributed by atoms with Crippen molar-refractivity contribution >= 4 is 11.5 Å². The summed E-state index contributed by atoms with van der Waals surface area (Å²) >= 11 is 0. The number of hydrogen-bond donors (Lipinski definition) is 2. The van der Waals surface area contributed by atoms with Crippen molar-refractivity contribution in [2.45, 2.75) is 57.9 Å². The average Bonchev–Trinajstić information content (AvgIpc) is 2.80. The van der Waals surface area contributed by atoms with Crippen LogP contribution in [0.3, 0.4) is 0 Å². The Labute approximate surface area is 184 Å². The van der Waals surface area contributed by atoms with Crippen molar-refractivity contribution < 1.29 is 19.5 Å². The third-order valence-corrected chi connectivity index (χ3v) is 5.52. The van der Waals surface area contributed by atoms with Gasteiger partial charge in [-0.15, -0.1) is 0 Å². The lowest BCUT2D eigenvalue weighted by molar-refractivity contribution is -0.139. The van der Waals surface area contributed by atoms with Crippen LogP contribution in [0.5, 0.6) is 5.75 Å².